The van der Waals surface area contributed by atoms with Gasteiger partial charge in [-0.15, -0.1) is 0 Å². The second-order valence-corrected chi connectivity index (χ2v) is 5.54. The highest BCUT2D eigenvalue weighted by atomic mass is 35.5. The summed E-state index contributed by atoms with van der Waals surface area (Å²) < 4.78 is 7.26. The van der Waals surface area contributed by atoms with Crippen molar-refractivity contribution in [3.8, 4) is 0 Å². The van der Waals surface area contributed by atoms with Crippen molar-refractivity contribution in [3.63, 3.8) is 0 Å². The summed E-state index contributed by atoms with van der Waals surface area (Å²) in [6, 6.07) is 7.87. The molecule has 3 rings (SSSR count). The summed E-state index contributed by atoms with van der Waals surface area (Å²) in [5.74, 6) is -0.0236. The van der Waals surface area contributed by atoms with E-state index in [1.807, 2.05) is 47.7 Å². The van der Waals surface area contributed by atoms with E-state index in [0.29, 0.717) is 30.5 Å². The van der Waals surface area contributed by atoms with Gasteiger partial charge in [-0.05, 0) is 13.0 Å². The average molecular weight is 293 g/mol. The molecule has 1 aliphatic heterocycles. The molecule has 2 heterocycles. The maximum absolute atomic E-state index is 12.8. The van der Waals surface area contributed by atoms with Crippen LogP contribution in [-0.2, 0) is 11.8 Å². The molecule has 0 aliphatic carbocycles. The first kappa shape index (κ1) is 13.5. The molecule has 1 amide bonds. The van der Waals surface area contributed by atoms with Crippen molar-refractivity contribution in [2.45, 2.75) is 13.0 Å². The van der Waals surface area contributed by atoms with Gasteiger partial charge in [0.2, 0.25) is 0 Å². The van der Waals surface area contributed by atoms with Crippen LogP contribution in [-0.4, -0.2) is 41.2 Å². The third-order valence-corrected chi connectivity index (χ3v) is 4.26. The van der Waals surface area contributed by atoms with Crippen molar-refractivity contribution in [2.24, 2.45) is 7.05 Å². The lowest BCUT2D eigenvalue weighted by atomic mass is 10.2. The smallest absolute Gasteiger partial charge is 0.272 e. The van der Waals surface area contributed by atoms with Gasteiger partial charge in [0.05, 0.1) is 24.3 Å². The molecule has 0 N–H and O–H groups in total. The van der Waals surface area contributed by atoms with Gasteiger partial charge in [0.15, 0.2) is 0 Å². The highest BCUT2D eigenvalue weighted by molar-refractivity contribution is 6.38. The predicted molar refractivity (Wildman–Crippen MR) is 79.2 cm³/mol. The first-order chi connectivity index (χ1) is 9.61. The molecule has 1 aromatic heterocycles. The van der Waals surface area contributed by atoms with Crippen molar-refractivity contribution in [2.75, 3.05) is 19.8 Å². The number of halogens is 1. The number of rotatable bonds is 1. The monoisotopic (exact) mass is 292 g/mol. The number of hydrogen-bond acceptors (Lipinski definition) is 2. The molecule has 1 fully saturated rings. The Morgan fingerprint density at radius 1 is 1.40 bits per heavy atom. The molecule has 0 unspecified atom stereocenters. The number of morpholine rings is 1. The van der Waals surface area contributed by atoms with Crippen molar-refractivity contribution in [3.05, 3.63) is 35.0 Å². The van der Waals surface area contributed by atoms with Crippen molar-refractivity contribution in [1.82, 2.24) is 9.47 Å². The number of carbonyl (C=O) groups is 1. The fourth-order valence-electron chi connectivity index (χ4n) is 2.75. The second-order valence-electron chi connectivity index (χ2n) is 5.16. The Balaban J connectivity index is 2.07. The zero-order valence-corrected chi connectivity index (χ0v) is 12.4. The average Bonchev–Trinajstić information content (AvgIpc) is 2.71. The summed E-state index contributed by atoms with van der Waals surface area (Å²) in [5, 5.41) is 1.45. The number of carbonyl (C=O) groups excluding carboxylic acids is 1. The minimum Gasteiger partial charge on any atom is -0.377 e. The van der Waals surface area contributed by atoms with Crippen LogP contribution in [0.1, 0.15) is 17.4 Å². The van der Waals surface area contributed by atoms with Gasteiger partial charge in [0, 0.05) is 24.5 Å². The summed E-state index contributed by atoms with van der Waals surface area (Å²) in [6.45, 7) is 3.76. The van der Waals surface area contributed by atoms with E-state index >= 15 is 0 Å². The van der Waals surface area contributed by atoms with E-state index < -0.39 is 0 Å². The molecule has 106 valence electrons. The lowest BCUT2D eigenvalue weighted by Gasteiger charge is -2.33. The maximum Gasteiger partial charge on any atom is 0.272 e. The number of para-hydroxylation sites is 1. The topological polar surface area (TPSA) is 34.5 Å². The molecule has 0 spiro atoms. The number of fused-ring (bicyclic) bond motifs is 1. The molecule has 1 aromatic carbocycles. The van der Waals surface area contributed by atoms with Crippen molar-refractivity contribution >= 4 is 28.4 Å². The van der Waals surface area contributed by atoms with Gasteiger partial charge in [-0.1, -0.05) is 29.8 Å². The van der Waals surface area contributed by atoms with Crippen LogP contribution in [0.3, 0.4) is 0 Å². The van der Waals surface area contributed by atoms with E-state index in [9.17, 15) is 4.79 Å². The highest BCUT2D eigenvalue weighted by Crippen LogP contribution is 2.31. The van der Waals surface area contributed by atoms with Crippen LogP contribution < -0.4 is 0 Å². The summed E-state index contributed by atoms with van der Waals surface area (Å²) in [4.78, 5) is 14.6. The van der Waals surface area contributed by atoms with Gasteiger partial charge in [-0.2, -0.15) is 0 Å². The largest absolute Gasteiger partial charge is 0.377 e. The maximum atomic E-state index is 12.8. The minimum atomic E-state index is -0.0236. The molecular weight excluding hydrogens is 276 g/mol. The fraction of sp³-hybridized carbons (Fsp3) is 0.400. The summed E-state index contributed by atoms with van der Waals surface area (Å²) in [6.07, 6.45) is 0. The van der Waals surface area contributed by atoms with E-state index in [0.717, 1.165) is 10.9 Å². The Morgan fingerprint density at radius 3 is 2.85 bits per heavy atom. The second kappa shape index (κ2) is 5.11. The van der Waals surface area contributed by atoms with Crippen LogP contribution >= 0.6 is 11.6 Å². The summed E-state index contributed by atoms with van der Waals surface area (Å²) >= 11 is 6.42. The van der Waals surface area contributed by atoms with E-state index in [4.69, 9.17) is 16.3 Å². The first-order valence-electron chi connectivity index (χ1n) is 6.73. The SMILES string of the molecule is C[C@@H]1COCCN1C(=O)c1c(Cl)c2ccccc2n1C. The lowest BCUT2D eigenvalue weighted by Crippen LogP contribution is -2.47. The van der Waals surface area contributed by atoms with Gasteiger partial charge >= 0.3 is 0 Å². The number of aromatic nitrogens is 1. The Morgan fingerprint density at radius 2 is 2.15 bits per heavy atom. The Bertz CT molecular complexity index is 626. The van der Waals surface area contributed by atoms with E-state index in [-0.39, 0.29) is 11.9 Å². The summed E-state index contributed by atoms with van der Waals surface area (Å²) in [5.41, 5.74) is 1.53. The molecule has 0 saturated carbocycles. The highest BCUT2D eigenvalue weighted by Gasteiger charge is 2.29. The van der Waals surface area contributed by atoms with Gasteiger partial charge in [-0.3, -0.25) is 4.79 Å². The third-order valence-electron chi connectivity index (χ3n) is 3.88. The molecule has 5 heteroatoms. The number of nitrogens with zero attached hydrogens (tertiary/aromatic N) is 2. The zero-order valence-electron chi connectivity index (χ0n) is 11.6. The van der Waals surface area contributed by atoms with Crippen molar-refractivity contribution in [1.29, 1.82) is 0 Å². The standard InChI is InChI=1S/C15H17ClN2O2/c1-10-9-20-8-7-18(10)15(19)14-13(16)11-5-3-4-6-12(11)17(14)2/h3-6,10H,7-9H2,1-2H3/t10-/m1/s1. The fourth-order valence-corrected chi connectivity index (χ4v) is 3.12. The Kier molecular flexibility index (Phi) is 3.44. The minimum absolute atomic E-state index is 0.0236. The number of benzene rings is 1. The number of ether oxygens (including phenoxy) is 1. The Labute approximate surface area is 122 Å². The van der Waals surface area contributed by atoms with Crippen LogP contribution in [0.2, 0.25) is 5.02 Å². The number of amides is 1. The summed E-state index contributed by atoms with van der Waals surface area (Å²) in [7, 11) is 1.88. The molecule has 1 saturated heterocycles. The van der Waals surface area contributed by atoms with E-state index in [1.165, 1.54) is 0 Å². The van der Waals surface area contributed by atoms with Gasteiger partial charge in [0.1, 0.15) is 5.69 Å². The van der Waals surface area contributed by atoms with E-state index in [2.05, 4.69) is 0 Å². The van der Waals surface area contributed by atoms with Crippen LogP contribution in [0.4, 0.5) is 0 Å². The van der Waals surface area contributed by atoms with Gasteiger partial charge in [-0.25, -0.2) is 0 Å². The van der Waals surface area contributed by atoms with Crippen LogP contribution in [0, 0.1) is 0 Å². The predicted octanol–water partition coefficient (Wildman–Crippen LogP) is 2.69. The van der Waals surface area contributed by atoms with Crippen molar-refractivity contribution < 1.29 is 9.53 Å². The Hall–Kier alpha value is -1.52. The molecule has 2 aromatic rings. The van der Waals surface area contributed by atoms with Gasteiger partial charge < -0.3 is 14.2 Å². The number of aryl methyl sites for hydroxylation is 1. The van der Waals surface area contributed by atoms with Crippen LogP contribution in [0.5, 0.6) is 0 Å². The van der Waals surface area contributed by atoms with Crippen LogP contribution in [0.15, 0.2) is 24.3 Å². The molecule has 0 bridgehead atoms. The van der Waals surface area contributed by atoms with Crippen LogP contribution in [0.25, 0.3) is 10.9 Å². The normalized spacial score (nSPS) is 19.6. The van der Waals surface area contributed by atoms with E-state index in [1.54, 1.807) is 0 Å². The first-order valence-corrected chi connectivity index (χ1v) is 7.10. The third kappa shape index (κ3) is 2.00. The molecular formula is C15H17ClN2O2. The molecule has 1 aliphatic rings. The number of hydrogen-bond donors (Lipinski definition) is 0. The lowest BCUT2D eigenvalue weighted by molar-refractivity contribution is 0.00311. The molecule has 0 radical (unpaired) electrons. The molecule has 1 atom stereocenters. The molecule has 20 heavy (non-hydrogen) atoms. The molecule has 4 nitrogen and oxygen atoms in total. The quantitative estimate of drug-likeness (QED) is 0.810. The van der Waals surface area contributed by atoms with Gasteiger partial charge in [0.25, 0.3) is 5.91 Å². The zero-order chi connectivity index (χ0) is 14.3.